The van der Waals surface area contributed by atoms with Crippen molar-refractivity contribution in [3.63, 3.8) is 0 Å². The van der Waals surface area contributed by atoms with E-state index in [2.05, 4.69) is 36.1 Å². The lowest BCUT2D eigenvalue weighted by atomic mass is 9.84. The van der Waals surface area contributed by atoms with Crippen molar-refractivity contribution < 1.29 is 47.1 Å². The second-order valence-corrected chi connectivity index (χ2v) is 19.3. The van der Waals surface area contributed by atoms with Crippen LogP contribution >= 0.6 is 0 Å². The number of piperidine rings is 3. The van der Waals surface area contributed by atoms with Crippen LogP contribution < -0.4 is 30.9 Å². The molecule has 3 atom stereocenters. The lowest BCUT2D eigenvalue weighted by Crippen LogP contribution is -2.70. The average molecular weight is 966 g/mol. The molecule has 1 aromatic heterocycles. The van der Waals surface area contributed by atoms with Gasteiger partial charge in [0.2, 0.25) is 29.5 Å². The molecule has 2 bridgehead atoms. The van der Waals surface area contributed by atoms with Gasteiger partial charge in [0.05, 0.1) is 28.9 Å². The van der Waals surface area contributed by atoms with Crippen LogP contribution in [0.25, 0.3) is 10.9 Å². The van der Waals surface area contributed by atoms with Crippen molar-refractivity contribution in [2.45, 2.75) is 63.1 Å². The number of ether oxygens (including phenoxy) is 1. The van der Waals surface area contributed by atoms with Gasteiger partial charge in [-0.2, -0.15) is 0 Å². The van der Waals surface area contributed by atoms with Gasteiger partial charge in [-0.05, 0) is 123 Å². The lowest BCUT2D eigenvalue weighted by Gasteiger charge is -2.57. The van der Waals surface area contributed by atoms with Gasteiger partial charge in [-0.3, -0.25) is 53.7 Å². The van der Waals surface area contributed by atoms with E-state index in [9.17, 15) is 38.0 Å². The van der Waals surface area contributed by atoms with E-state index in [1.807, 2.05) is 4.90 Å². The molecule has 7 heterocycles. The van der Waals surface area contributed by atoms with E-state index in [-0.39, 0.29) is 54.3 Å². The summed E-state index contributed by atoms with van der Waals surface area (Å²) >= 11 is 0. The first-order valence-corrected chi connectivity index (χ1v) is 23.9. The fourth-order valence-corrected chi connectivity index (χ4v) is 10.7. The number of hydrogen-bond acceptors (Lipinski definition) is 12. The summed E-state index contributed by atoms with van der Waals surface area (Å²) < 4.78 is 35.5. The molecule has 1 aliphatic carbocycles. The quantitative estimate of drug-likeness (QED) is 0.0833. The molecular weight excluding hydrogens is 917 g/mol. The Morgan fingerprint density at radius 2 is 1.51 bits per heavy atom. The molecule has 1 saturated carbocycles. The largest absolute Gasteiger partial charge is 0.457 e. The van der Waals surface area contributed by atoms with E-state index in [0.29, 0.717) is 90.1 Å². The first-order chi connectivity index (χ1) is 34.3. The molecule has 7 aliphatic rings. The summed E-state index contributed by atoms with van der Waals surface area (Å²) in [6.45, 7) is 3.33. The zero-order chi connectivity index (χ0) is 49.1. The van der Waals surface area contributed by atoms with Gasteiger partial charge in [0.25, 0.3) is 11.8 Å². The van der Waals surface area contributed by atoms with Gasteiger partial charge in [-0.1, -0.05) is 6.07 Å². The Morgan fingerprint density at radius 3 is 2.18 bits per heavy atom. The number of carbonyl (C=O) groups is 7. The summed E-state index contributed by atoms with van der Waals surface area (Å²) in [5.41, 5.74) is 1.31. The Kier molecular flexibility index (Phi) is 11.7. The number of amides is 7. The number of nitrogens with one attached hydrogen (secondary N) is 4. The Bertz CT molecular complexity index is 3020. The minimum Gasteiger partial charge on any atom is -0.457 e. The van der Waals surface area contributed by atoms with Crippen LogP contribution in [-0.2, 0) is 24.0 Å². The number of carbonyl (C=O) groups excluding carboxylic acids is 7. The van der Waals surface area contributed by atoms with Crippen molar-refractivity contribution in [3.8, 4) is 11.5 Å². The fourth-order valence-electron chi connectivity index (χ4n) is 10.7. The highest BCUT2D eigenvalue weighted by molar-refractivity contribution is 6.25. The summed E-state index contributed by atoms with van der Waals surface area (Å²) in [6.07, 6.45) is 5.22. The van der Waals surface area contributed by atoms with E-state index < -0.39 is 52.7 Å². The predicted octanol–water partition coefficient (Wildman–Crippen LogP) is 5.68. The second-order valence-electron chi connectivity index (χ2n) is 19.3. The zero-order valence-electron chi connectivity index (χ0n) is 38.4. The Labute approximate surface area is 405 Å². The molecule has 6 fully saturated rings. The van der Waals surface area contributed by atoms with Gasteiger partial charge in [-0.25, -0.2) is 8.78 Å². The first-order valence-electron chi connectivity index (χ1n) is 23.9. The number of aromatic nitrogens is 1. The highest BCUT2D eigenvalue weighted by Gasteiger charge is 2.56. The summed E-state index contributed by atoms with van der Waals surface area (Å²) in [5.74, 6) is -2.93. The van der Waals surface area contributed by atoms with E-state index in [4.69, 9.17) is 4.74 Å². The molecule has 5 aromatic rings. The maximum atomic E-state index is 16.0. The smallest absolute Gasteiger partial charge is 0.264 e. The molecule has 71 heavy (non-hydrogen) atoms. The number of pyridine rings is 1. The Hall–Kier alpha value is -7.80. The van der Waals surface area contributed by atoms with E-state index in [0.717, 1.165) is 30.7 Å². The maximum absolute atomic E-state index is 16.0. The number of halogens is 2. The molecule has 5 saturated heterocycles. The molecule has 0 radical (unpaired) electrons. The topological polar surface area (TPSA) is 203 Å². The molecule has 3 unspecified atom stereocenters. The van der Waals surface area contributed by atoms with Crippen LogP contribution in [-0.4, -0.2) is 118 Å². The standard InChI is InChI=1S/C52H49F2N9O8/c53-30-4-6-31(7-5-30)57-50(69)52(17-18-52)51(70)58-32-8-10-35(11-9-32)71-43-14-19-55-40-24-42(38(54)23-37(40)43)60-20-15-29(16-21-60)26-62-33-22-34(62)28-61(27-33)45(65)25-56-39-3-1-2-36-46(39)49(68)63(48(36)67)41-12-13-44(64)59-47(41)66/h1-11,14,19,23-24,29,33-34,41,56H,12-13,15-18,20-22,25-28H2,(H,57,69)(H,58,70)(H,59,64,66). The number of hydrogen-bond donors (Lipinski definition) is 4. The number of anilines is 4. The molecule has 19 heteroatoms. The summed E-state index contributed by atoms with van der Waals surface area (Å²) in [6, 6.07) is 21.0. The Morgan fingerprint density at radius 1 is 0.817 bits per heavy atom. The highest BCUT2D eigenvalue weighted by Crippen LogP contribution is 2.48. The number of imide groups is 2. The van der Waals surface area contributed by atoms with Gasteiger partial charge in [-0.15, -0.1) is 0 Å². The minimum atomic E-state index is -1.21. The first kappa shape index (κ1) is 45.6. The van der Waals surface area contributed by atoms with Crippen LogP contribution in [0, 0.1) is 23.0 Å². The third-order valence-electron chi connectivity index (χ3n) is 14.9. The minimum absolute atomic E-state index is 0.0210. The number of piperazine rings is 1. The molecule has 7 amide bonds. The second kappa shape index (κ2) is 18.2. The summed E-state index contributed by atoms with van der Waals surface area (Å²) in [4.78, 5) is 102. The third kappa shape index (κ3) is 8.67. The molecule has 364 valence electrons. The molecule has 0 spiro atoms. The molecular formula is C52H49F2N9O8. The van der Waals surface area contributed by atoms with E-state index in [1.54, 1.807) is 54.7 Å². The molecule has 6 aliphatic heterocycles. The van der Waals surface area contributed by atoms with Crippen LogP contribution in [0.5, 0.6) is 11.5 Å². The van der Waals surface area contributed by atoms with Gasteiger partial charge in [0.1, 0.15) is 34.6 Å². The highest BCUT2D eigenvalue weighted by atomic mass is 19.1. The van der Waals surface area contributed by atoms with Crippen molar-refractivity contribution >= 4 is 75.0 Å². The van der Waals surface area contributed by atoms with Crippen molar-refractivity contribution in [1.29, 1.82) is 0 Å². The SMILES string of the molecule is O=C1CCC(N2C(=O)c3cccc(NCC(=O)N4CC5CC(C4)N5CC4CCN(c5cc6nccc(Oc7ccc(NC(=O)C8(C(=O)Nc9ccc(F)cc9)CC8)cc7)c6cc5F)CC4)c3C2=O)C(=O)N1. The monoisotopic (exact) mass is 965 g/mol. The predicted molar refractivity (Wildman–Crippen MR) is 256 cm³/mol. The van der Waals surface area contributed by atoms with E-state index in [1.165, 1.54) is 36.4 Å². The van der Waals surface area contributed by atoms with Crippen molar-refractivity contribution in [2.75, 3.05) is 60.1 Å². The fraction of sp³-hybridized carbons (Fsp3) is 0.346. The van der Waals surface area contributed by atoms with Crippen molar-refractivity contribution in [2.24, 2.45) is 11.3 Å². The third-order valence-corrected chi connectivity index (χ3v) is 14.9. The van der Waals surface area contributed by atoms with Crippen LogP contribution in [0.4, 0.5) is 31.5 Å². The van der Waals surface area contributed by atoms with Gasteiger partial charge in [0.15, 0.2) is 0 Å². The average Bonchev–Trinajstić information content (AvgIpc) is 4.15. The van der Waals surface area contributed by atoms with Crippen LogP contribution in [0.15, 0.2) is 91.1 Å². The van der Waals surface area contributed by atoms with Crippen molar-refractivity contribution in [3.05, 3.63) is 114 Å². The van der Waals surface area contributed by atoms with Crippen LogP contribution in [0.2, 0.25) is 0 Å². The molecule has 17 nitrogen and oxygen atoms in total. The van der Waals surface area contributed by atoms with Gasteiger partial charge in [0, 0.05) is 79.9 Å². The van der Waals surface area contributed by atoms with E-state index >= 15 is 4.39 Å². The number of rotatable bonds is 13. The summed E-state index contributed by atoms with van der Waals surface area (Å²) in [5, 5.41) is 11.3. The zero-order valence-corrected chi connectivity index (χ0v) is 38.4. The van der Waals surface area contributed by atoms with Gasteiger partial charge >= 0.3 is 0 Å². The normalized spacial score (nSPS) is 21.6. The molecule has 4 N–H and O–H groups in total. The summed E-state index contributed by atoms with van der Waals surface area (Å²) in [7, 11) is 0. The van der Waals surface area contributed by atoms with Crippen LogP contribution in [0.1, 0.15) is 65.7 Å². The molecule has 4 aromatic carbocycles. The maximum Gasteiger partial charge on any atom is 0.264 e. The van der Waals surface area contributed by atoms with Crippen molar-refractivity contribution in [1.82, 2.24) is 25.0 Å². The van der Waals surface area contributed by atoms with Gasteiger partial charge < -0.3 is 30.5 Å². The number of benzene rings is 4. The van der Waals surface area contributed by atoms with Crippen LogP contribution in [0.3, 0.4) is 0 Å². The lowest BCUT2D eigenvalue weighted by molar-refractivity contribution is -0.143. The number of fused-ring (bicyclic) bond motifs is 4. The Balaban J connectivity index is 0.650. The number of nitrogens with zero attached hydrogens (tertiary/aromatic N) is 5. The molecule has 12 rings (SSSR count).